The first-order valence-corrected chi connectivity index (χ1v) is 3.50. The van der Waals surface area contributed by atoms with Crippen molar-refractivity contribution in [2.45, 2.75) is 13.8 Å². The molecule has 2 aromatic rings. The second-order valence-corrected chi connectivity index (χ2v) is 2.25. The molecule has 0 radical (unpaired) electrons. The summed E-state index contributed by atoms with van der Waals surface area (Å²) in [4.78, 5) is 0. The zero-order chi connectivity index (χ0) is 8.81. The van der Waals surface area contributed by atoms with Crippen LogP contribution in [0.5, 0.6) is 0 Å². The van der Waals surface area contributed by atoms with Gasteiger partial charge in [-0.15, -0.1) is 0 Å². The number of hydrogen-bond acceptors (Lipinski definition) is 0. The molecule has 0 aliphatic heterocycles. The molecule has 13 heavy (non-hydrogen) atoms. The summed E-state index contributed by atoms with van der Waals surface area (Å²) in [7, 11) is 0. The van der Waals surface area contributed by atoms with E-state index in [0.29, 0.717) is 0 Å². The fourth-order valence-electron chi connectivity index (χ4n) is 0.562. The van der Waals surface area contributed by atoms with E-state index >= 15 is 0 Å². The van der Waals surface area contributed by atoms with Crippen LogP contribution in [-0.4, -0.2) is 0 Å². The summed E-state index contributed by atoms with van der Waals surface area (Å²) < 4.78 is 0. The molecule has 0 aliphatic rings. The third kappa shape index (κ3) is 5.46. The first-order valence-electron chi connectivity index (χ1n) is 3.50. The zero-order valence-corrected chi connectivity index (χ0v) is 8.46. The van der Waals surface area contributed by atoms with E-state index in [9.17, 15) is 0 Å². The minimum Gasteiger partial charge on any atom is -0.998 e. The minimum atomic E-state index is 0. The van der Waals surface area contributed by atoms with E-state index in [4.69, 9.17) is 0 Å². The van der Waals surface area contributed by atoms with Crippen LogP contribution in [0.25, 0.3) is 0 Å². The van der Waals surface area contributed by atoms with E-state index in [2.05, 4.69) is 48.5 Å². The van der Waals surface area contributed by atoms with E-state index in [-0.39, 0.29) is 17.1 Å². The van der Waals surface area contributed by atoms with E-state index in [1.807, 2.05) is 13.8 Å². The molecule has 0 N–H and O–H groups in total. The monoisotopic (exact) mass is 206 g/mol. The van der Waals surface area contributed by atoms with Crippen molar-refractivity contribution in [3.63, 3.8) is 0 Å². The van der Waals surface area contributed by atoms with Crippen molar-refractivity contribution in [2.24, 2.45) is 0 Å². The maximum atomic E-state index is 2.76. The van der Waals surface area contributed by atoms with Gasteiger partial charge in [-0.1, -0.05) is 0 Å². The molecule has 0 atom stereocenters. The third-order valence-electron chi connectivity index (χ3n) is 1.12. The molecule has 0 aliphatic carbocycles. The standard InChI is InChI=1S/2C6H3.Fe/c2*1-6-4-2-3-5-6;/h2*1H3;/q2*-5;. The molecule has 2 rings (SSSR count). The van der Waals surface area contributed by atoms with Crippen LogP contribution >= 0.6 is 0 Å². The molecule has 0 saturated carbocycles. The Hall–Kier alpha value is -0.781. The predicted octanol–water partition coefficient (Wildman–Crippen LogP) is 1.83. The largest absolute Gasteiger partial charge is 0.998 e. The van der Waals surface area contributed by atoms with Crippen molar-refractivity contribution in [2.75, 3.05) is 0 Å². The van der Waals surface area contributed by atoms with Crippen molar-refractivity contribution >= 4 is 0 Å². The van der Waals surface area contributed by atoms with Crippen LogP contribution in [0.2, 0.25) is 0 Å². The molecule has 0 aromatic heterocycles. The van der Waals surface area contributed by atoms with E-state index in [1.165, 1.54) is 0 Å². The Balaban J connectivity index is 0.000000206. The second-order valence-electron chi connectivity index (χ2n) is 2.25. The van der Waals surface area contributed by atoms with Crippen molar-refractivity contribution in [1.82, 2.24) is 0 Å². The van der Waals surface area contributed by atoms with Crippen LogP contribution in [-0.2, 0) is 17.1 Å². The van der Waals surface area contributed by atoms with Gasteiger partial charge in [0.05, 0.1) is 0 Å². The zero-order valence-electron chi connectivity index (χ0n) is 7.35. The quantitative estimate of drug-likeness (QED) is 0.455. The number of aryl methyl sites for hydroxylation is 2. The van der Waals surface area contributed by atoms with Gasteiger partial charge in [-0.25, -0.2) is 13.8 Å². The van der Waals surface area contributed by atoms with Gasteiger partial charge >= 0.3 is 0 Å². The van der Waals surface area contributed by atoms with Gasteiger partial charge in [-0.3, -0.25) is 0 Å². The van der Waals surface area contributed by atoms with Gasteiger partial charge in [0, 0.05) is 17.1 Å². The Kier molecular flexibility index (Phi) is 6.30. The van der Waals surface area contributed by atoms with Gasteiger partial charge in [0.1, 0.15) is 0 Å². The van der Waals surface area contributed by atoms with Crippen molar-refractivity contribution < 1.29 is 17.1 Å². The first-order chi connectivity index (χ1) is 5.79. The minimum absolute atomic E-state index is 0. The maximum absolute atomic E-state index is 2.76. The van der Waals surface area contributed by atoms with Crippen molar-refractivity contribution in [3.05, 3.63) is 59.7 Å². The molecule has 0 nitrogen and oxygen atoms in total. The number of hydrogen-bond donors (Lipinski definition) is 0. The van der Waals surface area contributed by atoms with Crippen molar-refractivity contribution in [1.29, 1.82) is 0 Å². The predicted molar refractivity (Wildman–Crippen MR) is 44.2 cm³/mol. The summed E-state index contributed by atoms with van der Waals surface area (Å²) in [6, 6.07) is 21.6. The van der Waals surface area contributed by atoms with Gasteiger partial charge in [0.2, 0.25) is 0 Å². The van der Waals surface area contributed by atoms with Gasteiger partial charge in [-0.2, -0.15) is 0 Å². The average Bonchev–Trinajstić information content (AvgIpc) is 2.63. The van der Waals surface area contributed by atoms with Crippen LogP contribution < -0.4 is 0 Å². The average molecular weight is 206 g/mol. The van der Waals surface area contributed by atoms with Crippen LogP contribution in [0.4, 0.5) is 0 Å². The Morgan fingerprint density at radius 1 is 0.615 bits per heavy atom. The van der Waals surface area contributed by atoms with Crippen LogP contribution in [0.15, 0.2) is 0 Å². The molecule has 2 aromatic carbocycles. The van der Waals surface area contributed by atoms with Gasteiger partial charge in [0.15, 0.2) is 0 Å². The van der Waals surface area contributed by atoms with Gasteiger partial charge in [0.25, 0.3) is 0 Å². The molecule has 0 bridgehead atoms. The molecule has 1 heteroatoms. The normalized spacial score (nSPS) is 8.15. The molecule has 0 fully saturated rings. The topological polar surface area (TPSA) is 0 Å². The Labute approximate surface area is 90.8 Å². The van der Waals surface area contributed by atoms with Crippen LogP contribution in [0, 0.1) is 62.4 Å². The summed E-state index contributed by atoms with van der Waals surface area (Å²) in [6.07, 6.45) is 0. The van der Waals surface area contributed by atoms with Crippen molar-refractivity contribution in [3.8, 4) is 0 Å². The van der Waals surface area contributed by atoms with Crippen LogP contribution in [0.3, 0.4) is 0 Å². The number of rotatable bonds is 0. The fraction of sp³-hybridized carbons (Fsp3) is 0.167. The molecule has 0 heterocycles. The maximum Gasteiger partial charge on any atom is 0 e. The van der Waals surface area contributed by atoms with E-state index in [1.54, 1.807) is 0 Å². The SMILES string of the molecule is C[c-]1[c-][c-][c-][c-]1.C[c-]1[c-][c-][c-][c-]1.[Fe]. The first kappa shape index (κ1) is 12.2. The summed E-state index contributed by atoms with van der Waals surface area (Å²) in [5.74, 6) is 0. The third-order valence-corrected chi connectivity index (χ3v) is 1.12. The summed E-state index contributed by atoms with van der Waals surface area (Å²) in [5, 5.41) is 0. The second kappa shape index (κ2) is 6.71. The summed E-state index contributed by atoms with van der Waals surface area (Å²) >= 11 is 0. The van der Waals surface area contributed by atoms with E-state index < -0.39 is 0 Å². The molecule has 0 saturated heterocycles. The Bertz CT molecular complexity index is 245. The summed E-state index contributed by atoms with van der Waals surface area (Å²) in [5.41, 5.74) is 1.96. The molecular weight excluding hydrogens is 200 g/mol. The molecule has 0 spiro atoms. The Morgan fingerprint density at radius 2 is 0.846 bits per heavy atom. The molecule has 0 unspecified atom stereocenters. The van der Waals surface area contributed by atoms with Gasteiger partial charge in [-0.05, 0) is 0 Å². The Morgan fingerprint density at radius 3 is 0.923 bits per heavy atom. The molecule has 0 amide bonds. The smallest absolute Gasteiger partial charge is 0 e. The van der Waals surface area contributed by atoms with Gasteiger partial charge < -0.3 is 59.7 Å². The molecule has 72 valence electrons. The summed E-state index contributed by atoms with van der Waals surface area (Å²) in [6.45, 7) is 3.82. The van der Waals surface area contributed by atoms with E-state index in [0.717, 1.165) is 11.1 Å². The fourth-order valence-corrected chi connectivity index (χ4v) is 0.562. The molecular formula is C12H6Fe-10. The van der Waals surface area contributed by atoms with Crippen LogP contribution in [0.1, 0.15) is 11.1 Å².